The number of nitrogens with one attached hydrogen (secondary N) is 1. The molecule has 1 N–H and O–H groups in total. The number of piperazine rings is 1. The van der Waals surface area contributed by atoms with Gasteiger partial charge in [0.25, 0.3) is 5.91 Å². The van der Waals surface area contributed by atoms with Gasteiger partial charge in [-0.15, -0.1) is 0 Å². The maximum atomic E-state index is 12.7. The van der Waals surface area contributed by atoms with Crippen molar-refractivity contribution < 1.29 is 4.79 Å². The van der Waals surface area contributed by atoms with Crippen molar-refractivity contribution in [3.05, 3.63) is 48.0 Å². The lowest BCUT2D eigenvalue weighted by atomic mass is 9.87. The number of aromatic nitrogens is 2. The Bertz CT molecular complexity index is 703. The van der Waals surface area contributed by atoms with E-state index >= 15 is 0 Å². The van der Waals surface area contributed by atoms with E-state index in [1.807, 2.05) is 4.90 Å². The summed E-state index contributed by atoms with van der Waals surface area (Å²) in [6, 6.07) is 9.08. The fourth-order valence-electron chi connectivity index (χ4n) is 3.61. The molecule has 1 aromatic carbocycles. The van der Waals surface area contributed by atoms with Gasteiger partial charge in [0.05, 0.1) is 0 Å². The SMILES string of the molecule is CC1CN(c2ccc(C(C)(C)C)cc2)CC(C)N1C(=O)c1ncc[nH]1. The average molecular weight is 340 g/mol. The van der Waals surface area contributed by atoms with Gasteiger partial charge in [0, 0.05) is 43.3 Å². The van der Waals surface area contributed by atoms with Crippen molar-refractivity contribution in [1.29, 1.82) is 0 Å². The Labute approximate surface area is 150 Å². The van der Waals surface area contributed by atoms with Gasteiger partial charge in [-0.25, -0.2) is 4.98 Å². The molecular formula is C20H28N4O. The summed E-state index contributed by atoms with van der Waals surface area (Å²) < 4.78 is 0. The maximum absolute atomic E-state index is 12.7. The van der Waals surface area contributed by atoms with Gasteiger partial charge in [0.15, 0.2) is 5.82 Å². The van der Waals surface area contributed by atoms with Crippen LogP contribution in [0.5, 0.6) is 0 Å². The van der Waals surface area contributed by atoms with E-state index in [9.17, 15) is 4.79 Å². The third kappa shape index (κ3) is 3.55. The lowest BCUT2D eigenvalue weighted by Gasteiger charge is -2.45. The largest absolute Gasteiger partial charge is 0.367 e. The van der Waals surface area contributed by atoms with Gasteiger partial charge in [-0.2, -0.15) is 0 Å². The number of amides is 1. The lowest BCUT2D eigenvalue weighted by Crippen LogP contribution is -2.59. The molecule has 5 nitrogen and oxygen atoms in total. The van der Waals surface area contributed by atoms with Crippen LogP contribution in [0.25, 0.3) is 0 Å². The summed E-state index contributed by atoms with van der Waals surface area (Å²) in [6.45, 7) is 12.5. The number of aromatic amines is 1. The number of rotatable bonds is 2. The zero-order valence-corrected chi connectivity index (χ0v) is 15.8. The van der Waals surface area contributed by atoms with Gasteiger partial charge in [-0.1, -0.05) is 32.9 Å². The number of carbonyl (C=O) groups is 1. The van der Waals surface area contributed by atoms with E-state index in [0.29, 0.717) is 5.82 Å². The molecule has 0 bridgehead atoms. The second kappa shape index (κ2) is 6.54. The Hall–Kier alpha value is -2.30. The molecule has 1 fully saturated rings. The number of anilines is 1. The van der Waals surface area contributed by atoms with E-state index in [4.69, 9.17) is 0 Å². The van der Waals surface area contributed by atoms with Crippen LogP contribution in [0.1, 0.15) is 50.8 Å². The maximum Gasteiger partial charge on any atom is 0.290 e. The molecule has 2 atom stereocenters. The molecule has 1 aliphatic rings. The summed E-state index contributed by atoms with van der Waals surface area (Å²) in [5.74, 6) is 0.398. The Morgan fingerprint density at radius 2 is 1.72 bits per heavy atom. The number of nitrogens with zero attached hydrogens (tertiary/aromatic N) is 3. The highest BCUT2D eigenvalue weighted by Gasteiger charge is 2.34. The van der Waals surface area contributed by atoms with E-state index in [1.165, 1.54) is 11.3 Å². The number of hydrogen-bond acceptors (Lipinski definition) is 3. The zero-order valence-electron chi connectivity index (χ0n) is 15.8. The van der Waals surface area contributed by atoms with E-state index in [2.05, 4.69) is 73.8 Å². The minimum absolute atomic E-state index is 0.0206. The quantitative estimate of drug-likeness (QED) is 0.911. The van der Waals surface area contributed by atoms with Crippen molar-refractivity contribution in [2.24, 2.45) is 0 Å². The van der Waals surface area contributed by atoms with Crippen molar-refractivity contribution in [1.82, 2.24) is 14.9 Å². The zero-order chi connectivity index (χ0) is 18.2. The first kappa shape index (κ1) is 17.5. The molecule has 0 saturated carbocycles. The predicted molar refractivity (Wildman–Crippen MR) is 101 cm³/mol. The molecule has 0 radical (unpaired) electrons. The molecule has 2 aromatic rings. The van der Waals surface area contributed by atoms with Crippen LogP contribution in [0.2, 0.25) is 0 Å². The molecule has 5 heteroatoms. The van der Waals surface area contributed by atoms with E-state index in [0.717, 1.165) is 13.1 Å². The molecule has 0 spiro atoms. The van der Waals surface area contributed by atoms with Crippen molar-refractivity contribution >= 4 is 11.6 Å². The second-order valence-electron chi connectivity index (χ2n) is 8.05. The molecule has 134 valence electrons. The number of benzene rings is 1. The summed E-state index contributed by atoms with van der Waals surface area (Å²) in [5, 5.41) is 0. The van der Waals surface area contributed by atoms with E-state index in [1.54, 1.807) is 12.4 Å². The molecule has 1 aromatic heterocycles. The third-order valence-corrected chi connectivity index (χ3v) is 4.95. The van der Waals surface area contributed by atoms with Crippen molar-refractivity contribution in [3.8, 4) is 0 Å². The van der Waals surface area contributed by atoms with Gasteiger partial charge < -0.3 is 14.8 Å². The number of hydrogen-bond donors (Lipinski definition) is 1. The monoisotopic (exact) mass is 340 g/mol. The molecule has 1 saturated heterocycles. The summed E-state index contributed by atoms with van der Waals surface area (Å²) in [6.07, 6.45) is 3.31. The van der Waals surface area contributed by atoms with Crippen LogP contribution < -0.4 is 4.90 Å². The van der Waals surface area contributed by atoms with Gasteiger partial charge in [-0.05, 0) is 37.0 Å². The molecule has 1 amide bonds. The fourth-order valence-corrected chi connectivity index (χ4v) is 3.61. The minimum atomic E-state index is -0.0206. The number of imidazole rings is 1. The summed E-state index contributed by atoms with van der Waals surface area (Å²) in [4.78, 5) is 24.0. The smallest absolute Gasteiger partial charge is 0.290 e. The Balaban J connectivity index is 1.74. The van der Waals surface area contributed by atoms with Crippen LogP contribution >= 0.6 is 0 Å². The van der Waals surface area contributed by atoms with Crippen LogP contribution in [0, 0.1) is 0 Å². The van der Waals surface area contributed by atoms with Gasteiger partial charge in [0.1, 0.15) is 0 Å². The van der Waals surface area contributed by atoms with Crippen molar-refractivity contribution in [3.63, 3.8) is 0 Å². The average Bonchev–Trinajstić information content (AvgIpc) is 3.08. The van der Waals surface area contributed by atoms with Crippen LogP contribution in [-0.4, -0.2) is 45.9 Å². The van der Waals surface area contributed by atoms with Gasteiger partial charge >= 0.3 is 0 Å². The van der Waals surface area contributed by atoms with Crippen LogP contribution in [0.15, 0.2) is 36.7 Å². The fraction of sp³-hybridized carbons (Fsp3) is 0.500. The first-order valence-corrected chi connectivity index (χ1v) is 8.95. The highest BCUT2D eigenvalue weighted by atomic mass is 16.2. The predicted octanol–water partition coefficient (Wildman–Crippen LogP) is 3.45. The first-order chi connectivity index (χ1) is 11.8. The molecule has 2 unspecified atom stereocenters. The second-order valence-corrected chi connectivity index (χ2v) is 8.05. The molecular weight excluding hydrogens is 312 g/mol. The van der Waals surface area contributed by atoms with E-state index in [-0.39, 0.29) is 23.4 Å². The molecule has 0 aliphatic carbocycles. The van der Waals surface area contributed by atoms with Gasteiger partial charge in [0.2, 0.25) is 0 Å². The standard InChI is InChI=1S/C20H28N4O/c1-14-12-23(17-8-6-16(7-9-17)20(3,4)5)13-15(2)24(14)19(25)18-21-10-11-22-18/h6-11,14-15H,12-13H2,1-5H3,(H,21,22). The topological polar surface area (TPSA) is 52.2 Å². The molecule has 1 aliphatic heterocycles. The Kier molecular flexibility index (Phi) is 4.58. The number of H-pyrrole nitrogens is 1. The summed E-state index contributed by atoms with van der Waals surface area (Å²) >= 11 is 0. The van der Waals surface area contributed by atoms with Crippen LogP contribution in [-0.2, 0) is 5.41 Å². The molecule has 2 heterocycles. The molecule has 3 rings (SSSR count). The number of carbonyl (C=O) groups excluding carboxylic acids is 1. The highest BCUT2D eigenvalue weighted by molar-refractivity contribution is 5.91. The van der Waals surface area contributed by atoms with Crippen LogP contribution in [0.4, 0.5) is 5.69 Å². The minimum Gasteiger partial charge on any atom is -0.367 e. The Morgan fingerprint density at radius 1 is 1.12 bits per heavy atom. The molecule has 25 heavy (non-hydrogen) atoms. The van der Waals surface area contributed by atoms with E-state index < -0.39 is 0 Å². The highest BCUT2D eigenvalue weighted by Crippen LogP contribution is 2.27. The van der Waals surface area contributed by atoms with Crippen LogP contribution in [0.3, 0.4) is 0 Å². The normalized spacial score (nSPS) is 21.5. The first-order valence-electron chi connectivity index (χ1n) is 8.95. The van der Waals surface area contributed by atoms with Crippen molar-refractivity contribution in [2.45, 2.75) is 52.1 Å². The lowest BCUT2D eigenvalue weighted by molar-refractivity contribution is 0.0563. The van der Waals surface area contributed by atoms with Crippen molar-refractivity contribution in [2.75, 3.05) is 18.0 Å². The van der Waals surface area contributed by atoms with Gasteiger partial charge in [-0.3, -0.25) is 4.79 Å². The third-order valence-electron chi connectivity index (χ3n) is 4.95. The summed E-state index contributed by atoms with van der Waals surface area (Å²) in [5.41, 5.74) is 2.72. The Morgan fingerprint density at radius 3 is 2.20 bits per heavy atom. The summed E-state index contributed by atoms with van der Waals surface area (Å²) in [7, 11) is 0.